The van der Waals surface area contributed by atoms with Crippen molar-refractivity contribution in [2.75, 3.05) is 0 Å². The van der Waals surface area contributed by atoms with Crippen molar-refractivity contribution in [3.8, 4) is 0 Å². The molecule has 0 unspecified atom stereocenters. The van der Waals surface area contributed by atoms with Gasteiger partial charge in [0.1, 0.15) is 5.82 Å². The molecule has 0 amide bonds. The van der Waals surface area contributed by atoms with Crippen molar-refractivity contribution >= 4 is 0 Å². The Morgan fingerprint density at radius 1 is 1.13 bits per heavy atom. The van der Waals surface area contributed by atoms with E-state index in [9.17, 15) is 4.79 Å². The highest BCUT2D eigenvalue weighted by atomic mass is 16.1. The number of rotatable bonds is 0. The molecule has 0 radical (unpaired) electrons. The molecule has 0 saturated heterocycles. The van der Waals surface area contributed by atoms with Crippen LogP contribution in [-0.2, 0) is 11.0 Å². The maximum Gasteiger partial charge on any atom is 0.272 e. The molecule has 3 heteroatoms. The largest absolute Gasteiger partial charge is 0.330 e. The minimum atomic E-state index is -0.166. The summed E-state index contributed by atoms with van der Waals surface area (Å²) in [6.45, 7) is 12.5. The predicted octanol–water partition coefficient (Wildman–Crippen LogP) is 2.30. The molecule has 0 aromatic carbocycles. The van der Waals surface area contributed by atoms with E-state index in [0.717, 1.165) is 5.82 Å². The van der Waals surface area contributed by atoms with Gasteiger partial charge in [-0.3, -0.25) is 4.79 Å². The molecule has 0 atom stereocenters. The predicted molar refractivity (Wildman–Crippen MR) is 62.2 cm³/mol. The first-order valence-corrected chi connectivity index (χ1v) is 5.23. The van der Waals surface area contributed by atoms with Crippen molar-refractivity contribution in [2.45, 2.75) is 52.5 Å². The highest BCUT2D eigenvalue weighted by molar-refractivity contribution is 5.07. The molecular weight excluding hydrogens is 188 g/mol. The topological polar surface area (TPSA) is 34.9 Å². The Labute approximate surface area is 91.2 Å². The fourth-order valence-electron chi connectivity index (χ4n) is 1.47. The number of hydrogen-bond donors (Lipinski definition) is 0. The van der Waals surface area contributed by atoms with E-state index in [4.69, 9.17) is 0 Å². The lowest BCUT2D eigenvalue weighted by Crippen LogP contribution is -2.34. The van der Waals surface area contributed by atoms with Crippen LogP contribution in [0.3, 0.4) is 0 Å². The van der Waals surface area contributed by atoms with Gasteiger partial charge in [0.15, 0.2) is 0 Å². The first kappa shape index (κ1) is 12.0. The van der Waals surface area contributed by atoms with E-state index in [1.54, 1.807) is 0 Å². The van der Waals surface area contributed by atoms with E-state index >= 15 is 0 Å². The summed E-state index contributed by atoms with van der Waals surface area (Å²) in [5, 5.41) is 0. The molecular formula is C12H20N2O. The summed E-state index contributed by atoms with van der Waals surface area (Å²) in [6.07, 6.45) is 1.83. The molecule has 0 aliphatic rings. The summed E-state index contributed by atoms with van der Waals surface area (Å²) in [4.78, 5) is 15.4. The Balaban J connectivity index is 3.48. The summed E-state index contributed by atoms with van der Waals surface area (Å²) < 4.78 is 2.06. The average molecular weight is 208 g/mol. The molecule has 0 aliphatic carbocycles. The SMILES string of the molecule is CC(C)(C)c1nc(=O)ccn1C(C)(C)C. The summed E-state index contributed by atoms with van der Waals surface area (Å²) in [5.41, 5.74) is -0.336. The maximum absolute atomic E-state index is 11.3. The van der Waals surface area contributed by atoms with Gasteiger partial charge in [-0.1, -0.05) is 20.8 Å². The van der Waals surface area contributed by atoms with Gasteiger partial charge >= 0.3 is 0 Å². The number of aromatic nitrogens is 2. The average Bonchev–Trinajstić information content (AvgIpc) is 2.00. The molecule has 84 valence electrons. The standard InChI is InChI=1S/C12H20N2O/c1-11(2,3)10-13-9(15)7-8-14(10)12(4,5)6/h7-8H,1-6H3. The number of nitrogens with zero attached hydrogens (tertiary/aromatic N) is 2. The second-order valence-electron chi connectivity index (χ2n) is 5.88. The van der Waals surface area contributed by atoms with Crippen LogP contribution in [0.5, 0.6) is 0 Å². The first-order valence-electron chi connectivity index (χ1n) is 5.23. The zero-order valence-electron chi connectivity index (χ0n) is 10.5. The van der Waals surface area contributed by atoms with Gasteiger partial charge in [-0.25, -0.2) is 0 Å². The van der Waals surface area contributed by atoms with E-state index < -0.39 is 0 Å². The third-order valence-corrected chi connectivity index (χ3v) is 2.20. The molecule has 0 bridgehead atoms. The van der Waals surface area contributed by atoms with E-state index in [1.807, 2.05) is 6.20 Å². The van der Waals surface area contributed by atoms with Crippen molar-refractivity contribution in [1.29, 1.82) is 0 Å². The van der Waals surface area contributed by atoms with Crippen LogP contribution in [0.25, 0.3) is 0 Å². The molecule has 0 saturated carbocycles. The van der Waals surface area contributed by atoms with Crippen molar-refractivity contribution in [3.05, 3.63) is 28.4 Å². The number of hydrogen-bond acceptors (Lipinski definition) is 2. The van der Waals surface area contributed by atoms with Crippen LogP contribution in [0, 0.1) is 0 Å². The third kappa shape index (κ3) is 2.67. The third-order valence-electron chi connectivity index (χ3n) is 2.20. The van der Waals surface area contributed by atoms with Gasteiger partial charge in [-0.2, -0.15) is 4.98 Å². The summed E-state index contributed by atoms with van der Waals surface area (Å²) >= 11 is 0. The molecule has 0 fully saturated rings. The molecule has 1 aromatic rings. The van der Waals surface area contributed by atoms with Gasteiger partial charge in [0, 0.05) is 23.2 Å². The van der Waals surface area contributed by atoms with Crippen LogP contribution in [0.4, 0.5) is 0 Å². The minimum Gasteiger partial charge on any atom is -0.330 e. The molecule has 0 aliphatic heterocycles. The zero-order valence-corrected chi connectivity index (χ0v) is 10.5. The molecule has 1 aromatic heterocycles. The summed E-state index contributed by atoms with van der Waals surface area (Å²) in [5.74, 6) is 0.836. The maximum atomic E-state index is 11.3. The van der Waals surface area contributed by atoms with Gasteiger partial charge in [0.05, 0.1) is 0 Å². The quantitative estimate of drug-likeness (QED) is 0.655. The van der Waals surface area contributed by atoms with Crippen LogP contribution in [-0.4, -0.2) is 9.55 Å². The summed E-state index contributed by atoms with van der Waals surface area (Å²) in [6, 6.07) is 1.51. The van der Waals surface area contributed by atoms with Crippen LogP contribution in [0.2, 0.25) is 0 Å². The van der Waals surface area contributed by atoms with Gasteiger partial charge < -0.3 is 4.57 Å². The van der Waals surface area contributed by atoms with E-state index in [-0.39, 0.29) is 16.5 Å². The van der Waals surface area contributed by atoms with Crippen molar-refractivity contribution < 1.29 is 0 Å². The van der Waals surface area contributed by atoms with Gasteiger partial charge in [-0.15, -0.1) is 0 Å². The lowest BCUT2D eigenvalue weighted by Gasteiger charge is -2.31. The molecule has 0 spiro atoms. The van der Waals surface area contributed by atoms with Crippen LogP contribution in [0.15, 0.2) is 17.1 Å². The van der Waals surface area contributed by atoms with Crippen LogP contribution < -0.4 is 5.56 Å². The fourth-order valence-corrected chi connectivity index (χ4v) is 1.47. The zero-order chi connectivity index (χ0) is 11.9. The lowest BCUT2D eigenvalue weighted by molar-refractivity contribution is 0.343. The second-order valence-corrected chi connectivity index (χ2v) is 5.88. The van der Waals surface area contributed by atoms with Crippen molar-refractivity contribution in [1.82, 2.24) is 9.55 Å². The molecule has 15 heavy (non-hydrogen) atoms. The smallest absolute Gasteiger partial charge is 0.272 e. The van der Waals surface area contributed by atoms with Crippen LogP contribution >= 0.6 is 0 Å². The van der Waals surface area contributed by atoms with Gasteiger partial charge in [0.2, 0.25) is 0 Å². The molecule has 0 N–H and O–H groups in total. The van der Waals surface area contributed by atoms with Gasteiger partial charge in [-0.05, 0) is 20.8 Å². The normalized spacial score (nSPS) is 12.9. The summed E-state index contributed by atoms with van der Waals surface area (Å²) in [7, 11) is 0. The Hall–Kier alpha value is -1.12. The van der Waals surface area contributed by atoms with Crippen molar-refractivity contribution in [3.63, 3.8) is 0 Å². The minimum absolute atomic E-state index is 0.0523. The molecule has 1 rings (SSSR count). The van der Waals surface area contributed by atoms with E-state index in [1.165, 1.54) is 6.07 Å². The van der Waals surface area contributed by atoms with E-state index in [0.29, 0.717) is 0 Å². The first-order chi connectivity index (χ1) is 6.62. The fraction of sp³-hybridized carbons (Fsp3) is 0.667. The monoisotopic (exact) mass is 208 g/mol. The molecule has 1 heterocycles. The highest BCUT2D eigenvalue weighted by Gasteiger charge is 2.24. The highest BCUT2D eigenvalue weighted by Crippen LogP contribution is 2.24. The molecule has 3 nitrogen and oxygen atoms in total. The lowest BCUT2D eigenvalue weighted by atomic mass is 9.93. The van der Waals surface area contributed by atoms with Gasteiger partial charge in [0.25, 0.3) is 5.56 Å². The van der Waals surface area contributed by atoms with Crippen LogP contribution in [0.1, 0.15) is 47.4 Å². The Morgan fingerprint density at radius 2 is 1.67 bits per heavy atom. The second kappa shape index (κ2) is 3.47. The Kier molecular flexibility index (Phi) is 2.77. The Bertz CT molecular complexity index is 405. The van der Waals surface area contributed by atoms with E-state index in [2.05, 4.69) is 51.1 Å². The van der Waals surface area contributed by atoms with Crippen molar-refractivity contribution in [2.24, 2.45) is 0 Å². The Morgan fingerprint density at radius 3 is 2.07 bits per heavy atom.